The number of para-hydroxylation sites is 1. The molecule has 0 aliphatic carbocycles. The second-order valence-corrected chi connectivity index (χ2v) is 3.51. The molecule has 0 radical (unpaired) electrons. The first kappa shape index (κ1) is 10.2. The van der Waals surface area contributed by atoms with Gasteiger partial charge in [0.1, 0.15) is 0 Å². The average Bonchev–Trinajstić information content (AvgIpc) is 2.92. The van der Waals surface area contributed by atoms with Gasteiger partial charge in [-0.3, -0.25) is 10.1 Å². The van der Waals surface area contributed by atoms with E-state index in [1.165, 1.54) is 6.07 Å². The van der Waals surface area contributed by atoms with E-state index >= 15 is 0 Å². The molecule has 0 saturated heterocycles. The van der Waals surface area contributed by atoms with E-state index in [1.54, 1.807) is 12.1 Å². The normalized spacial score (nSPS) is 10.9. The first-order valence-electron chi connectivity index (χ1n) is 4.88. The lowest BCUT2D eigenvalue weighted by Gasteiger charge is -1.90. The molecule has 0 amide bonds. The number of rotatable bonds is 2. The summed E-state index contributed by atoms with van der Waals surface area (Å²) in [5.41, 5.74) is 6.41. The number of imidazole rings is 1. The van der Waals surface area contributed by atoms with Gasteiger partial charge in [0.05, 0.1) is 10.4 Å². The Balaban J connectivity index is 2.26. The molecule has 0 bridgehead atoms. The summed E-state index contributed by atoms with van der Waals surface area (Å²) in [5, 5.41) is 17.9. The summed E-state index contributed by atoms with van der Waals surface area (Å²) >= 11 is 0. The van der Waals surface area contributed by atoms with Gasteiger partial charge in [-0.1, -0.05) is 6.07 Å². The molecule has 0 atom stereocenters. The zero-order valence-corrected chi connectivity index (χ0v) is 8.82. The number of nitrogen functional groups attached to an aromatic ring is 1. The van der Waals surface area contributed by atoms with Gasteiger partial charge in [-0.05, 0) is 16.4 Å². The number of aromatic nitrogens is 4. The highest BCUT2D eigenvalue weighted by atomic mass is 16.6. The summed E-state index contributed by atoms with van der Waals surface area (Å²) in [6, 6.07) is 4.60. The van der Waals surface area contributed by atoms with Crippen molar-refractivity contribution in [3.63, 3.8) is 0 Å². The quantitative estimate of drug-likeness (QED) is 0.510. The minimum atomic E-state index is -0.503. The minimum absolute atomic E-state index is 0.0664. The number of aromatic amines is 1. The zero-order valence-electron chi connectivity index (χ0n) is 8.82. The fraction of sp³-hybridized carbons (Fsp3) is 0. The van der Waals surface area contributed by atoms with Crippen LogP contribution in [0.2, 0.25) is 0 Å². The van der Waals surface area contributed by atoms with Gasteiger partial charge >= 0.3 is 0 Å². The van der Waals surface area contributed by atoms with Crippen molar-refractivity contribution in [1.29, 1.82) is 0 Å². The Morgan fingerprint density at radius 2 is 2.22 bits per heavy atom. The molecule has 9 heteroatoms. The van der Waals surface area contributed by atoms with Crippen LogP contribution in [0.1, 0.15) is 0 Å². The lowest BCUT2D eigenvalue weighted by atomic mass is 10.3. The van der Waals surface area contributed by atoms with Crippen LogP contribution in [0.15, 0.2) is 22.8 Å². The van der Waals surface area contributed by atoms with Crippen LogP contribution >= 0.6 is 0 Å². The van der Waals surface area contributed by atoms with Crippen LogP contribution in [0.5, 0.6) is 0 Å². The maximum Gasteiger partial charge on any atom is 0.297 e. The standard InChI is InChI=1S/C9H6N6O3/c10-8-7(13-18-14-8)9-11-4-2-1-3-5(15(16)17)6(4)12-9/h1-3H,(H2,10,14)(H,11,12). The SMILES string of the molecule is Nc1nonc1-c1nc2c([N+](=O)[O-])cccc2[nH]1. The number of benzene rings is 1. The summed E-state index contributed by atoms with van der Waals surface area (Å²) in [5.74, 6) is 0.342. The highest BCUT2D eigenvalue weighted by Gasteiger charge is 2.19. The van der Waals surface area contributed by atoms with E-state index in [2.05, 4.69) is 24.9 Å². The van der Waals surface area contributed by atoms with Gasteiger partial charge in [-0.25, -0.2) is 9.61 Å². The van der Waals surface area contributed by atoms with E-state index in [1.807, 2.05) is 0 Å². The summed E-state index contributed by atoms with van der Waals surface area (Å²) < 4.78 is 4.45. The maximum atomic E-state index is 10.9. The van der Waals surface area contributed by atoms with Crippen molar-refractivity contribution in [3.8, 4) is 11.5 Å². The second-order valence-electron chi connectivity index (χ2n) is 3.51. The van der Waals surface area contributed by atoms with Crippen LogP contribution in [0.25, 0.3) is 22.6 Å². The molecular formula is C9H6N6O3. The molecule has 0 unspecified atom stereocenters. The van der Waals surface area contributed by atoms with Crippen molar-refractivity contribution < 1.29 is 9.55 Å². The van der Waals surface area contributed by atoms with Crippen molar-refractivity contribution in [1.82, 2.24) is 20.3 Å². The molecule has 2 heterocycles. The molecule has 0 aliphatic rings. The Morgan fingerprint density at radius 1 is 1.39 bits per heavy atom. The molecule has 3 rings (SSSR count). The van der Waals surface area contributed by atoms with E-state index in [0.29, 0.717) is 5.52 Å². The second kappa shape index (κ2) is 3.52. The Bertz CT molecular complexity index is 746. The molecule has 90 valence electrons. The monoisotopic (exact) mass is 246 g/mol. The van der Waals surface area contributed by atoms with Crippen molar-refractivity contribution in [3.05, 3.63) is 28.3 Å². The first-order valence-corrected chi connectivity index (χ1v) is 4.88. The molecule has 0 fully saturated rings. The number of anilines is 1. The Labute approximate surface area is 98.7 Å². The molecular weight excluding hydrogens is 240 g/mol. The highest BCUT2D eigenvalue weighted by molar-refractivity contribution is 5.87. The summed E-state index contributed by atoms with van der Waals surface area (Å²) in [7, 11) is 0. The van der Waals surface area contributed by atoms with Crippen LogP contribution in [0, 0.1) is 10.1 Å². The third-order valence-electron chi connectivity index (χ3n) is 2.43. The number of nitrogens with zero attached hydrogens (tertiary/aromatic N) is 4. The molecule has 0 spiro atoms. The fourth-order valence-electron chi connectivity index (χ4n) is 1.64. The van der Waals surface area contributed by atoms with Crippen molar-refractivity contribution >= 4 is 22.5 Å². The first-order chi connectivity index (χ1) is 8.66. The van der Waals surface area contributed by atoms with Crippen LogP contribution in [-0.2, 0) is 0 Å². The summed E-state index contributed by atoms with van der Waals surface area (Å²) in [4.78, 5) is 17.3. The number of fused-ring (bicyclic) bond motifs is 1. The van der Waals surface area contributed by atoms with Crippen LogP contribution < -0.4 is 5.73 Å². The number of nitrogens with one attached hydrogen (secondary N) is 1. The van der Waals surface area contributed by atoms with Gasteiger partial charge in [-0.2, -0.15) is 0 Å². The number of H-pyrrole nitrogens is 1. The maximum absolute atomic E-state index is 10.9. The molecule has 18 heavy (non-hydrogen) atoms. The lowest BCUT2D eigenvalue weighted by molar-refractivity contribution is -0.383. The van der Waals surface area contributed by atoms with Gasteiger partial charge in [0, 0.05) is 6.07 Å². The minimum Gasteiger partial charge on any atom is -0.379 e. The molecule has 0 aliphatic heterocycles. The zero-order chi connectivity index (χ0) is 12.7. The van der Waals surface area contributed by atoms with Gasteiger partial charge < -0.3 is 10.7 Å². The van der Waals surface area contributed by atoms with E-state index in [-0.39, 0.29) is 28.5 Å². The average molecular weight is 246 g/mol. The van der Waals surface area contributed by atoms with Gasteiger partial charge in [0.15, 0.2) is 22.9 Å². The third-order valence-corrected chi connectivity index (χ3v) is 2.43. The topological polar surface area (TPSA) is 137 Å². The van der Waals surface area contributed by atoms with Crippen molar-refractivity contribution in [2.75, 3.05) is 5.73 Å². The number of non-ortho nitro benzene ring substituents is 1. The number of nitrogens with two attached hydrogens (primary N) is 1. The number of hydrogen-bond acceptors (Lipinski definition) is 7. The number of nitro groups is 1. The lowest BCUT2D eigenvalue weighted by Crippen LogP contribution is -1.90. The highest BCUT2D eigenvalue weighted by Crippen LogP contribution is 2.27. The van der Waals surface area contributed by atoms with Gasteiger partial charge in [0.2, 0.25) is 0 Å². The smallest absolute Gasteiger partial charge is 0.297 e. The van der Waals surface area contributed by atoms with E-state index in [4.69, 9.17) is 5.73 Å². The Morgan fingerprint density at radius 3 is 2.89 bits per heavy atom. The largest absolute Gasteiger partial charge is 0.379 e. The molecule has 9 nitrogen and oxygen atoms in total. The van der Waals surface area contributed by atoms with Gasteiger partial charge in [-0.15, -0.1) is 0 Å². The van der Waals surface area contributed by atoms with Crippen molar-refractivity contribution in [2.24, 2.45) is 0 Å². The van der Waals surface area contributed by atoms with E-state index < -0.39 is 4.92 Å². The van der Waals surface area contributed by atoms with Crippen LogP contribution in [-0.4, -0.2) is 25.2 Å². The van der Waals surface area contributed by atoms with Gasteiger partial charge in [0.25, 0.3) is 5.69 Å². The van der Waals surface area contributed by atoms with E-state index in [0.717, 1.165) is 0 Å². The third kappa shape index (κ3) is 1.38. The predicted molar refractivity (Wildman–Crippen MR) is 60.5 cm³/mol. The molecule has 1 aromatic carbocycles. The van der Waals surface area contributed by atoms with Crippen molar-refractivity contribution in [2.45, 2.75) is 0 Å². The fourth-order valence-corrected chi connectivity index (χ4v) is 1.64. The van der Waals surface area contributed by atoms with Crippen LogP contribution in [0.4, 0.5) is 11.5 Å². The summed E-state index contributed by atoms with van der Waals surface area (Å²) in [6.07, 6.45) is 0. The summed E-state index contributed by atoms with van der Waals surface area (Å²) in [6.45, 7) is 0. The Kier molecular flexibility index (Phi) is 1.99. The number of hydrogen-bond donors (Lipinski definition) is 2. The number of nitro benzene ring substituents is 1. The molecule has 3 aromatic rings. The van der Waals surface area contributed by atoms with Crippen LogP contribution in [0.3, 0.4) is 0 Å². The Hall–Kier alpha value is -2.97. The molecule has 0 saturated carbocycles. The molecule has 2 aromatic heterocycles. The molecule has 3 N–H and O–H groups in total. The van der Waals surface area contributed by atoms with E-state index in [9.17, 15) is 10.1 Å². The predicted octanol–water partition coefficient (Wildman–Crippen LogP) is 1.10.